The number of aliphatic hydroxyl groups excluding tert-OH is 1. The summed E-state index contributed by atoms with van der Waals surface area (Å²) >= 11 is 6.17. The fraction of sp³-hybridized carbons (Fsp3) is 0.533. The van der Waals surface area contributed by atoms with E-state index in [0.29, 0.717) is 30.5 Å². The average molecular weight is 314 g/mol. The van der Waals surface area contributed by atoms with Crippen molar-refractivity contribution in [3.8, 4) is 5.75 Å². The standard InChI is InChI=1S/C15H20ClNO4/c1-2-5-21-14-4-3-10(6-12(14)16)8-17-9-11(18)7-13(17)15(19)20/h3-4,6,11,13,18H,2,5,7-9H2,1H3,(H,19,20)/t11-,13+/m1/s1. The van der Waals surface area contributed by atoms with Crippen LogP contribution in [0.2, 0.25) is 5.02 Å². The Kier molecular flexibility index (Phi) is 5.45. The van der Waals surface area contributed by atoms with Crippen molar-refractivity contribution in [3.63, 3.8) is 0 Å². The van der Waals surface area contributed by atoms with Gasteiger partial charge in [-0.1, -0.05) is 24.6 Å². The highest BCUT2D eigenvalue weighted by Gasteiger charge is 2.35. The predicted molar refractivity (Wildman–Crippen MR) is 79.7 cm³/mol. The number of halogens is 1. The third-order valence-electron chi connectivity index (χ3n) is 3.51. The first kappa shape index (κ1) is 16.1. The summed E-state index contributed by atoms with van der Waals surface area (Å²) in [5.41, 5.74) is 0.907. The molecule has 0 bridgehead atoms. The lowest BCUT2D eigenvalue weighted by Gasteiger charge is -2.21. The van der Waals surface area contributed by atoms with E-state index in [1.807, 2.05) is 13.0 Å². The van der Waals surface area contributed by atoms with Crippen molar-refractivity contribution < 1.29 is 19.7 Å². The number of carboxylic acids is 1. The van der Waals surface area contributed by atoms with Crippen molar-refractivity contribution in [2.75, 3.05) is 13.2 Å². The van der Waals surface area contributed by atoms with Crippen LogP contribution in [0.15, 0.2) is 18.2 Å². The van der Waals surface area contributed by atoms with E-state index in [2.05, 4.69) is 0 Å². The number of likely N-dealkylation sites (tertiary alicyclic amines) is 1. The highest BCUT2D eigenvalue weighted by molar-refractivity contribution is 6.32. The maximum Gasteiger partial charge on any atom is 0.321 e. The Labute approximate surface area is 129 Å². The Hall–Kier alpha value is -1.30. The van der Waals surface area contributed by atoms with Crippen LogP contribution in [-0.4, -0.2) is 46.4 Å². The molecule has 0 amide bonds. The molecule has 1 aliphatic heterocycles. The molecule has 1 saturated heterocycles. The van der Waals surface area contributed by atoms with Crippen LogP contribution in [0, 0.1) is 0 Å². The van der Waals surface area contributed by atoms with Gasteiger partial charge >= 0.3 is 5.97 Å². The molecule has 0 aromatic heterocycles. The molecule has 2 N–H and O–H groups in total. The summed E-state index contributed by atoms with van der Waals surface area (Å²) in [6.45, 7) is 3.44. The molecule has 1 aromatic carbocycles. The van der Waals surface area contributed by atoms with E-state index in [9.17, 15) is 15.0 Å². The van der Waals surface area contributed by atoms with Gasteiger partial charge in [0.15, 0.2) is 0 Å². The van der Waals surface area contributed by atoms with E-state index in [4.69, 9.17) is 16.3 Å². The first-order chi connectivity index (χ1) is 10.0. The molecule has 0 spiro atoms. The zero-order chi connectivity index (χ0) is 15.4. The summed E-state index contributed by atoms with van der Waals surface area (Å²) < 4.78 is 5.51. The fourth-order valence-electron chi connectivity index (χ4n) is 2.52. The smallest absolute Gasteiger partial charge is 0.321 e. The molecule has 1 fully saturated rings. The summed E-state index contributed by atoms with van der Waals surface area (Å²) in [6.07, 6.45) is 0.582. The first-order valence-corrected chi connectivity index (χ1v) is 7.45. The lowest BCUT2D eigenvalue weighted by molar-refractivity contribution is -0.142. The van der Waals surface area contributed by atoms with Gasteiger partial charge in [0.2, 0.25) is 0 Å². The van der Waals surface area contributed by atoms with Crippen LogP contribution < -0.4 is 4.74 Å². The van der Waals surface area contributed by atoms with Crippen molar-refractivity contribution in [2.24, 2.45) is 0 Å². The molecule has 1 aliphatic rings. The van der Waals surface area contributed by atoms with Crippen LogP contribution in [0.4, 0.5) is 0 Å². The monoisotopic (exact) mass is 313 g/mol. The van der Waals surface area contributed by atoms with E-state index in [1.54, 1.807) is 17.0 Å². The van der Waals surface area contributed by atoms with Crippen molar-refractivity contribution in [2.45, 2.75) is 38.5 Å². The summed E-state index contributed by atoms with van der Waals surface area (Å²) in [5, 5.41) is 19.3. The number of aliphatic hydroxyl groups is 1. The highest BCUT2D eigenvalue weighted by atomic mass is 35.5. The number of hydrogen-bond acceptors (Lipinski definition) is 4. The maximum absolute atomic E-state index is 11.2. The number of benzene rings is 1. The van der Waals surface area contributed by atoms with E-state index in [0.717, 1.165) is 12.0 Å². The van der Waals surface area contributed by atoms with E-state index in [-0.39, 0.29) is 6.42 Å². The molecular formula is C15H20ClNO4. The van der Waals surface area contributed by atoms with Gasteiger partial charge in [-0.3, -0.25) is 9.69 Å². The molecule has 5 nitrogen and oxygen atoms in total. The Morgan fingerprint density at radius 3 is 2.90 bits per heavy atom. The van der Waals surface area contributed by atoms with Crippen molar-refractivity contribution in [3.05, 3.63) is 28.8 Å². The van der Waals surface area contributed by atoms with Crippen molar-refractivity contribution in [1.29, 1.82) is 0 Å². The van der Waals surface area contributed by atoms with Gasteiger partial charge < -0.3 is 14.9 Å². The van der Waals surface area contributed by atoms with Crippen LogP contribution in [0.1, 0.15) is 25.3 Å². The van der Waals surface area contributed by atoms with Gasteiger partial charge in [0.05, 0.1) is 17.7 Å². The molecule has 1 heterocycles. The van der Waals surface area contributed by atoms with Crippen molar-refractivity contribution in [1.82, 2.24) is 4.90 Å². The lowest BCUT2D eigenvalue weighted by Crippen LogP contribution is -2.35. The summed E-state index contributed by atoms with van der Waals surface area (Å²) in [7, 11) is 0. The molecular weight excluding hydrogens is 294 g/mol. The molecule has 21 heavy (non-hydrogen) atoms. The lowest BCUT2D eigenvalue weighted by atomic mass is 10.1. The molecule has 0 aliphatic carbocycles. The normalized spacial score (nSPS) is 22.4. The molecule has 0 saturated carbocycles. The highest BCUT2D eigenvalue weighted by Crippen LogP contribution is 2.28. The number of hydrogen-bond donors (Lipinski definition) is 2. The summed E-state index contributed by atoms with van der Waals surface area (Å²) in [6, 6.07) is 4.82. The zero-order valence-electron chi connectivity index (χ0n) is 12.0. The SMILES string of the molecule is CCCOc1ccc(CN2C[C@H](O)C[C@H]2C(=O)O)cc1Cl. The number of β-amino-alcohol motifs (C(OH)–C–C–N with tert-alkyl or cyclic N) is 1. The van der Waals surface area contributed by atoms with Crippen molar-refractivity contribution >= 4 is 17.6 Å². The number of rotatable bonds is 6. The van der Waals surface area contributed by atoms with Gasteiger partial charge in [0.25, 0.3) is 0 Å². The van der Waals surface area contributed by atoms with Gasteiger partial charge in [-0.2, -0.15) is 0 Å². The molecule has 116 valence electrons. The van der Waals surface area contributed by atoms with Crippen LogP contribution >= 0.6 is 11.6 Å². The third-order valence-corrected chi connectivity index (χ3v) is 3.81. The Morgan fingerprint density at radius 1 is 1.52 bits per heavy atom. The van der Waals surface area contributed by atoms with E-state index < -0.39 is 18.1 Å². The second kappa shape index (κ2) is 7.11. The second-order valence-corrected chi connectivity index (χ2v) is 5.69. The van der Waals surface area contributed by atoms with Gasteiger partial charge in [-0.15, -0.1) is 0 Å². The number of aliphatic carboxylic acids is 1. The average Bonchev–Trinajstić information content (AvgIpc) is 2.79. The number of ether oxygens (including phenoxy) is 1. The number of carboxylic acid groups (broad SMARTS) is 1. The second-order valence-electron chi connectivity index (χ2n) is 5.29. The predicted octanol–water partition coefficient (Wildman–Crippen LogP) is 2.15. The van der Waals surface area contributed by atoms with Gasteiger partial charge in [-0.05, 0) is 24.1 Å². The topological polar surface area (TPSA) is 70.0 Å². The molecule has 1 aromatic rings. The quantitative estimate of drug-likeness (QED) is 0.842. The van der Waals surface area contributed by atoms with Gasteiger partial charge in [0.1, 0.15) is 11.8 Å². The van der Waals surface area contributed by atoms with Crippen LogP contribution in [0.3, 0.4) is 0 Å². The zero-order valence-corrected chi connectivity index (χ0v) is 12.7. The largest absolute Gasteiger partial charge is 0.492 e. The van der Waals surface area contributed by atoms with Crippen LogP contribution in [0.25, 0.3) is 0 Å². The molecule has 2 rings (SSSR count). The minimum atomic E-state index is -0.902. The van der Waals surface area contributed by atoms with Crippen LogP contribution in [-0.2, 0) is 11.3 Å². The minimum Gasteiger partial charge on any atom is -0.492 e. The molecule has 0 radical (unpaired) electrons. The Morgan fingerprint density at radius 2 is 2.29 bits per heavy atom. The van der Waals surface area contributed by atoms with Gasteiger partial charge in [0, 0.05) is 19.5 Å². The summed E-state index contributed by atoms with van der Waals surface area (Å²) in [5.74, 6) is -0.265. The summed E-state index contributed by atoms with van der Waals surface area (Å²) in [4.78, 5) is 12.9. The van der Waals surface area contributed by atoms with Gasteiger partial charge in [-0.25, -0.2) is 0 Å². The van der Waals surface area contributed by atoms with E-state index in [1.165, 1.54) is 0 Å². The number of nitrogens with zero attached hydrogens (tertiary/aromatic N) is 1. The molecule has 0 unspecified atom stereocenters. The first-order valence-electron chi connectivity index (χ1n) is 7.07. The Balaban J connectivity index is 2.05. The Bertz CT molecular complexity index is 508. The van der Waals surface area contributed by atoms with Crippen LogP contribution in [0.5, 0.6) is 5.75 Å². The maximum atomic E-state index is 11.2. The number of carbonyl (C=O) groups is 1. The minimum absolute atomic E-state index is 0.265. The third kappa shape index (κ3) is 4.09. The molecule has 2 atom stereocenters. The molecule has 6 heteroatoms. The fourth-order valence-corrected chi connectivity index (χ4v) is 2.77. The van der Waals surface area contributed by atoms with E-state index >= 15 is 0 Å².